The zero-order chi connectivity index (χ0) is 18.6. The first-order valence-corrected chi connectivity index (χ1v) is 9.52. The second-order valence-corrected chi connectivity index (χ2v) is 6.75. The number of ether oxygens (including phenoxy) is 1. The highest BCUT2D eigenvalue weighted by atomic mass is 16.5. The van der Waals surface area contributed by atoms with Gasteiger partial charge in [0.05, 0.1) is 36.8 Å². The molecule has 1 atom stereocenters. The molecule has 2 aromatic heterocycles. The SMILES string of the molecule is CCc1nc2n(n1)CCCC2NC(=O)Nc1ccncc1N1CCOCC1. The van der Waals surface area contributed by atoms with E-state index in [0.29, 0.717) is 13.2 Å². The first-order chi connectivity index (χ1) is 13.2. The Morgan fingerprint density at radius 1 is 1.33 bits per heavy atom. The van der Waals surface area contributed by atoms with Gasteiger partial charge in [0.25, 0.3) is 0 Å². The van der Waals surface area contributed by atoms with Crippen LogP contribution >= 0.6 is 0 Å². The third-order valence-electron chi connectivity index (χ3n) is 4.94. The Balaban J connectivity index is 1.46. The maximum Gasteiger partial charge on any atom is 0.319 e. The summed E-state index contributed by atoms with van der Waals surface area (Å²) in [7, 11) is 0. The van der Waals surface area contributed by atoms with Crippen LogP contribution in [0.1, 0.15) is 37.5 Å². The summed E-state index contributed by atoms with van der Waals surface area (Å²) >= 11 is 0. The van der Waals surface area contributed by atoms with Gasteiger partial charge < -0.3 is 20.3 Å². The van der Waals surface area contributed by atoms with Gasteiger partial charge >= 0.3 is 6.03 Å². The molecule has 1 fully saturated rings. The maximum atomic E-state index is 12.7. The summed E-state index contributed by atoms with van der Waals surface area (Å²) in [5, 5.41) is 10.5. The van der Waals surface area contributed by atoms with Gasteiger partial charge in [-0.05, 0) is 18.9 Å². The van der Waals surface area contributed by atoms with Crippen molar-refractivity contribution < 1.29 is 9.53 Å². The molecule has 9 nitrogen and oxygen atoms in total. The number of pyridine rings is 1. The van der Waals surface area contributed by atoms with Crippen LogP contribution in [0.3, 0.4) is 0 Å². The van der Waals surface area contributed by atoms with Gasteiger partial charge in [-0.1, -0.05) is 6.92 Å². The number of carbonyl (C=O) groups excluding carboxylic acids is 1. The minimum Gasteiger partial charge on any atom is -0.378 e. The Morgan fingerprint density at radius 2 is 2.19 bits per heavy atom. The summed E-state index contributed by atoms with van der Waals surface area (Å²) in [5.74, 6) is 1.67. The molecule has 0 spiro atoms. The first kappa shape index (κ1) is 17.7. The fraction of sp³-hybridized carbons (Fsp3) is 0.556. The predicted molar refractivity (Wildman–Crippen MR) is 101 cm³/mol. The molecule has 0 radical (unpaired) electrons. The number of rotatable bonds is 4. The number of aryl methyl sites for hydroxylation is 2. The number of nitrogens with zero attached hydrogens (tertiary/aromatic N) is 5. The van der Waals surface area contributed by atoms with E-state index < -0.39 is 0 Å². The summed E-state index contributed by atoms with van der Waals surface area (Å²) in [6, 6.07) is 1.46. The van der Waals surface area contributed by atoms with E-state index >= 15 is 0 Å². The van der Waals surface area contributed by atoms with Crippen molar-refractivity contribution in [3.63, 3.8) is 0 Å². The monoisotopic (exact) mass is 371 g/mol. The van der Waals surface area contributed by atoms with Gasteiger partial charge in [0.15, 0.2) is 5.82 Å². The fourth-order valence-corrected chi connectivity index (χ4v) is 3.55. The molecule has 0 bridgehead atoms. The van der Waals surface area contributed by atoms with Crippen LogP contribution in [0.2, 0.25) is 0 Å². The van der Waals surface area contributed by atoms with Crippen molar-refractivity contribution in [2.75, 3.05) is 36.5 Å². The van der Waals surface area contributed by atoms with E-state index in [1.54, 1.807) is 12.4 Å². The summed E-state index contributed by atoms with van der Waals surface area (Å²) in [6.45, 7) is 5.82. The molecule has 2 aromatic rings. The maximum absolute atomic E-state index is 12.7. The van der Waals surface area contributed by atoms with E-state index in [9.17, 15) is 4.79 Å². The number of fused-ring (bicyclic) bond motifs is 1. The number of carbonyl (C=O) groups is 1. The van der Waals surface area contributed by atoms with E-state index in [1.165, 1.54) is 0 Å². The van der Waals surface area contributed by atoms with Gasteiger partial charge in [0.1, 0.15) is 5.82 Å². The van der Waals surface area contributed by atoms with E-state index in [4.69, 9.17) is 4.74 Å². The molecule has 2 amide bonds. The standard InChI is InChI=1S/C18H25N7O2/c1-2-16-22-17-14(4-3-7-25(17)23-16)21-18(26)20-13-5-6-19-12-15(13)24-8-10-27-11-9-24/h5-6,12,14H,2-4,7-11H2,1H3,(H2,19,20,21,26). The van der Waals surface area contributed by atoms with Crippen molar-refractivity contribution in [2.24, 2.45) is 0 Å². The average molecular weight is 371 g/mol. The van der Waals surface area contributed by atoms with Gasteiger partial charge in [-0.15, -0.1) is 0 Å². The van der Waals surface area contributed by atoms with Gasteiger partial charge in [0, 0.05) is 32.3 Å². The number of anilines is 2. The van der Waals surface area contributed by atoms with Gasteiger partial charge in [-0.3, -0.25) is 4.98 Å². The molecule has 2 N–H and O–H groups in total. The molecule has 2 aliphatic heterocycles. The molecule has 9 heteroatoms. The Morgan fingerprint density at radius 3 is 3.00 bits per heavy atom. The third kappa shape index (κ3) is 3.87. The number of hydrogen-bond acceptors (Lipinski definition) is 6. The van der Waals surface area contributed by atoms with E-state index in [0.717, 1.165) is 61.9 Å². The number of aromatic nitrogens is 4. The second-order valence-electron chi connectivity index (χ2n) is 6.75. The van der Waals surface area contributed by atoms with Crippen molar-refractivity contribution in [2.45, 2.75) is 38.8 Å². The van der Waals surface area contributed by atoms with Crippen LogP contribution in [0.5, 0.6) is 0 Å². The number of morpholine rings is 1. The lowest BCUT2D eigenvalue weighted by molar-refractivity contribution is 0.122. The van der Waals surface area contributed by atoms with Crippen molar-refractivity contribution in [1.82, 2.24) is 25.1 Å². The molecule has 27 heavy (non-hydrogen) atoms. The topological polar surface area (TPSA) is 97.2 Å². The Bertz CT molecular complexity index is 801. The molecule has 4 heterocycles. The largest absolute Gasteiger partial charge is 0.378 e. The molecule has 1 saturated heterocycles. The van der Waals surface area contributed by atoms with Crippen LogP contribution in [0, 0.1) is 0 Å². The molecular formula is C18H25N7O2. The summed E-state index contributed by atoms with van der Waals surface area (Å²) < 4.78 is 7.33. The molecular weight excluding hydrogens is 346 g/mol. The van der Waals surface area contributed by atoms with E-state index in [2.05, 4.69) is 30.6 Å². The number of hydrogen-bond donors (Lipinski definition) is 2. The van der Waals surface area contributed by atoms with Crippen LogP contribution in [-0.2, 0) is 17.7 Å². The van der Waals surface area contributed by atoms with E-state index in [-0.39, 0.29) is 12.1 Å². The van der Waals surface area contributed by atoms with Crippen molar-refractivity contribution >= 4 is 17.4 Å². The Labute approximate surface area is 158 Å². The summed E-state index contributed by atoms with van der Waals surface area (Å²) in [5.41, 5.74) is 1.66. The normalized spacial score (nSPS) is 19.4. The van der Waals surface area contributed by atoms with Crippen molar-refractivity contribution in [3.05, 3.63) is 30.1 Å². The molecule has 0 aromatic carbocycles. The van der Waals surface area contributed by atoms with Crippen LogP contribution in [-0.4, -0.2) is 52.1 Å². The van der Waals surface area contributed by atoms with Gasteiger partial charge in [-0.2, -0.15) is 5.10 Å². The first-order valence-electron chi connectivity index (χ1n) is 9.52. The zero-order valence-electron chi connectivity index (χ0n) is 15.5. The van der Waals surface area contributed by atoms with Crippen LogP contribution in [0.4, 0.5) is 16.2 Å². The van der Waals surface area contributed by atoms with Gasteiger partial charge in [-0.25, -0.2) is 14.5 Å². The lowest BCUT2D eigenvalue weighted by Crippen LogP contribution is -2.38. The lowest BCUT2D eigenvalue weighted by Gasteiger charge is -2.30. The summed E-state index contributed by atoms with van der Waals surface area (Å²) in [4.78, 5) is 23.6. The van der Waals surface area contributed by atoms with Crippen LogP contribution < -0.4 is 15.5 Å². The highest BCUT2D eigenvalue weighted by Gasteiger charge is 2.26. The average Bonchev–Trinajstić information content (AvgIpc) is 3.14. The predicted octanol–water partition coefficient (Wildman–Crippen LogP) is 1.73. The van der Waals surface area contributed by atoms with E-state index in [1.807, 2.05) is 17.7 Å². The number of amides is 2. The fourth-order valence-electron chi connectivity index (χ4n) is 3.55. The highest BCUT2D eigenvalue weighted by Crippen LogP contribution is 2.26. The molecule has 2 aliphatic rings. The molecule has 0 aliphatic carbocycles. The molecule has 144 valence electrons. The number of nitrogens with one attached hydrogen (secondary N) is 2. The van der Waals surface area contributed by atoms with Crippen LogP contribution in [0.15, 0.2) is 18.5 Å². The lowest BCUT2D eigenvalue weighted by atomic mass is 10.1. The zero-order valence-corrected chi connectivity index (χ0v) is 15.5. The quantitative estimate of drug-likeness (QED) is 0.850. The smallest absolute Gasteiger partial charge is 0.319 e. The van der Waals surface area contributed by atoms with Crippen molar-refractivity contribution in [1.29, 1.82) is 0 Å². The Kier molecular flexibility index (Phi) is 5.19. The number of urea groups is 1. The third-order valence-corrected chi connectivity index (χ3v) is 4.94. The van der Waals surface area contributed by atoms with Gasteiger partial charge in [0.2, 0.25) is 0 Å². The molecule has 1 unspecified atom stereocenters. The minimum absolute atomic E-state index is 0.125. The van der Waals surface area contributed by atoms with Crippen LogP contribution in [0.25, 0.3) is 0 Å². The van der Waals surface area contributed by atoms with Crippen molar-refractivity contribution in [3.8, 4) is 0 Å². The molecule has 4 rings (SSSR count). The second kappa shape index (κ2) is 7.91. The summed E-state index contributed by atoms with van der Waals surface area (Å²) in [6.07, 6.45) is 6.09. The highest BCUT2D eigenvalue weighted by molar-refractivity contribution is 5.93. The molecule has 0 saturated carbocycles. The minimum atomic E-state index is -0.241. The Hall–Kier alpha value is -2.68.